The monoisotopic (exact) mass is 394 g/mol. The number of hydrogen-bond donors (Lipinski definition) is 2. The van der Waals surface area contributed by atoms with Crippen LogP contribution in [0.3, 0.4) is 0 Å². The molecule has 0 spiro atoms. The molecule has 0 radical (unpaired) electrons. The average molecular weight is 395 g/mol. The van der Waals surface area contributed by atoms with Gasteiger partial charge in [0.2, 0.25) is 11.8 Å². The van der Waals surface area contributed by atoms with Crippen LogP contribution in [-0.2, 0) is 22.4 Å². The molecule has 0 heterocycles. The van der Waals surface area contributed by atoms with Gasteiger partial charge in [0.1, 0.15) is 6.04 Å². The average Bonchev–Trinajstić information content (AvgIpc) is 2.69. The molecule has 4 nitrogen and oxygen atoms in total. The maximum absolute atomic E-state index is 12.4. The fourth-order valence-electron chi connectivity index (χ4n) is 3.11. The van der Waals surface area contributed by atoms with E-state index in [-0.39, 0.29) is 18.2 Å². The van der Waals surface area contributed by atoms with Crippen molar-refractivity contribution in [2.75, 3.05) is 6.54 Å². The zero-order valence-electron chi connectivity index (χ0n) is 15.7. The molecule has 2 amide bonds. The molecule has 0 saturated carbocycles. The molecule has 144 valence electrons. The highest BCUT2D eigenvalue weighted by molar-refractivity contribution is 6.30. The number of nitrogens with one attached hydrogen (secondary N) is 2. The van der Waals surface area contributed by atoms with Gasteiger partial charge in [0.15, 0.2) is 0 Å². The molecule has 5 heteroatoms. The molecular formula is C23H23ClN2O2. The Balaban J connectivity index is 1.49. The maximum atomic E-state index is 12.4. The second-order valence-electron chi connectivity index (χ2n) is 6.77. The lowest BCUT2D eigenvalue weighted by molar-refractivity contribution is -0.128. The summed E-state index contributed by atoms with van der Waals surface area (Å²) in [6.45, 7) is 2.20. The van der Waals surface area contributed by atoms with Crippen molar-refractivity contribution in [1.29, 1.82) is 0 Å². The minimum Gasteiger partial charge on any atom is -0.354 e. The van der Waals surface area contributed by atoms with Crippen LogP contribution in [0, 0.1) is 0 Å². The van der Waals surface area contributed by atoms with Gasteiger partial charge < -0.3 is 10.6 Å². The summed E-state index contributed by atoms with van der Waals surface area (Å²) >= 11 is 5.87. The molecular weight excluding hydrogens is 372 g/mol. The van der Waals surface area contributed by atoms with Gasteiger partial charge in [-0.25, -0.2) is 0 Å². The number of hydrogen-bond acceptors (Lipinski definition) is 2. The summed E-state index contributed by atoms with van der Waals surface area (Å²) in [6, 6.07) is 20.8. The second-order valence-corrected chi connectivity index (χ2v) is 7.21. The predicted molar refractivity (Wildman–Crippen MR) is 113 cm³/mol. The SMILES string of the molecule is C[C@H](NC(=O)Cc1cccc2ccccc12)C(=O)NCCc1ccc(Cl)cc1. The molecule has 0 unspecified atom stereocenters. The van der Waals surface area contributed by atoms with Crippen LogP contribution in [0.1, 0.15) is 18.1 Å². The minimum absolute atomic E-state index is 0.170. The van der Waals surface area contributed by atoms with Gasteiger partial charge in [-0.15, -0.1) is 0 Å². The van der Waals surface area contributed by atoms with E-state index in [0.29, 0.717) is 18.0 Å². The number of rotatable bonds is 7. The normalized spacial score (nSPS) is 11.8. The Bertz CT molecular complexity index is 965. The Labute approximate surface area is 169 Å². The number of carbonyl (C=O) groups is 2. The van der Waals surface area contributed by atoms with Crippen molar-refractivity contribution in [3.8, 4) is 0 Å². The summed E-state index contributed by atoms with van der Waals surface area (Å²) in [6.07, 6.45) is 0.948. The highest BCUT2D eigenvalue weighted by Gasteiger charge is 2.16. The lowest BCUT2D eigenvalue weighted by atomic mass is 10.0. The van der Waals surface area contributed by atoms with Crippen LogP contribution in [0.4, 0.5) is 0 Å². The van der Waals surface area contributed by atoms with Gasteiger partial charge in [-0.1, -0.05) is 66.2 Å². The molecule has 3 aromatic rings. The minimum atomic E-state index is -0.590. The summed E-state index contributed by atoms with van der Waals surface area (Å²) in [5, 5.41) is 8.48. The van der Waals surface area contributed by atoms with E-state index in [1.807, 2.05) is 66.7 Å². The predicted octanol–water partition coefficient (Wildman–Crippen LogP) is 3.90. The van der Waals surface area contributed by atoms with Crippen molar-refractivity contribution < 1.29 is 9.59 Å². The van der Waals surface area contributed by atoms with E-state index in [9.17, 15) is 9.59 Å². The molecule has 0 bridgehead atoms. The first kappa shape index (κ1) is 19.9. The fourth-order valence-corrected chi connectivity index (χ4v) is 3.24. The molecule has 0 aliphatic carbocycles. The lowest BCUT2D eigenvalue weighted by Gasteiger charge is -2.15. The first-order valence-electron chi connectivity index (χ1n) is 9.31. The molecule has 0 aromatic heterocycles. The van der Waals surface area contributed by atoms with Crippen LogP contribution in [-0.4, -0.2) is 24.4 Å². The molecule has 3 aromatic carbocycles. The van der Waals surface area contributed by atoms with Gasteiger partial charge in [-0.2, -0.15) is 0 Å². The van der Waals surface area contributed by atoms with Crippen molar-refractivity contribution in [1.82, 2.24) is 10.6 Å². The highest BCUT2D eigenvalue weighted by atomic mass is 35.5. The summed E-state index contributed by atoms with van der Waals surface area (Å²) in [4.78, 5) is 24.6. The zero-order chi connectivity index (χ0) is 19.9. The van der Waals surface area contributed by atoms with Crippen LogP contribution < -0.4 is 10.6 Å². The molecule has 3 rings (SSSR count). The number of halogens is 1. The Morgan fingerprint density at radius 1 is 0.964 bits per heavy atom. The fraction of sp³-hybridized carbons (Fsp3) is 0.217. The first-order valence-corrected chi connectivity index (χ1v) is 9.69. The van der Waals surface area contributed by atoms with Crippen LogP contribution in [0.15, 0.2) is 66.7 Å². The van der Waals surface area contributed by atoms with Crippen molar-refractivity contribution in [3.05, 3.63) is 82.9 Å². The summed E-state index contributed by atoms with van der Waals surface area (Å²) in [5.41, 5.74) is 2.04. The Kier molecular flexibility index (Phi) is 6.66. The molecule has 1 atom stereocenters. The summed E-state index contributed by atoms with van der Waals surface area (Å²) in [7, 11) is 0. The number of carbonyl (C=O) groups excluding carboxylic acids is 2. The standard InChI is InChI=1S/C23H23ClN2O2/c1-16(23(28)25-14-13-17-9-11-20(24)12-10-17)26-22(27)15-19-7-4-6-18-5-2-3-8-21(18)19/h2-12,16H,13-15H2,1H3,(H,25,28)(H,26,27)/t16-/m0/s1. The Morgan fingerprint density at radius 3 is 2.46 bits per heavy atom. The molecule has 28 heavy (non-hydrogen) atoms. The van der Waals surface area contributed by atoms with Crippen LogP contribution >= 0.6 is 11.6 Å². The van der Waals surface area contributed by atoms with Gasteiger partial charge in [-0.3, -0.25) is 9.59 Å². The summed E-state index contributed by atoms with van der Waals surface area (Å²) < 4.78 is 0. The number of fused-ring (bicyclic) bond motifs is 1. The van der Waals surface area contributed by atoms with E-state index in [1.54, 1.807) is 6.92 Å². The molecule has 0 aliphatic heterocycles. The van der Waals surface area contributed by atoms with Gasteiger partial charge in [0, 0.05) is 11.6 Å². The van der Waals surface area contributed by atoms with E-state index in [2.05, 4.69) is 10.6 Å². The summed E-state index contributed by atoms with van der Waals surface area (Å²) in [5.74, 6) is -0.364. The topological polar surface area (TPSA) is 58.2 Å². The second kappa shape index (κ2) is 9.38. The van der Waals surface area contributed by atoms with Crippen LogP contribution in [0.5, 0.6) is 0 Å². The van der Waals surface area contributed by atoms with Crippen molar-refractivity contribution >= 4 is 34.2 Å². The molecule has 2 N–H and O–H groups in total. The third kappa shape index (κ3) is 5.33. The number of benzene rings is 3. The van der Waals surface area contributed by atoms with E-state index in [4.69, 9.17) is 11.6 Å². The van der Waals surface area contributed by atoms with Crippen molar-refractivity contribution in [2.45, 2.75) is 25.8 Å². The molecule has 0 saturated heterocycles. The maximum Gasteiger partial charge on any atom is 0.242 e. The number of amides is 2. The van der Waals surface area contributed by atoms with Crippen molar-refractivity contribution in [2.24, 2.45) is 0 Å². The van der Waals surface area contributed by atoms with E-state index in [1.165, 1.54) is 0 Å². The largest absolute Gasteiger partial charge is 0.354 e. The van der Waals surface area contributed by atoms with E-state index >= 15 is 0 Å². The Hall–Kier alpha value is -2.85. The first-order chi connectivity index (χ1) is 13.5. The van der Waals surface area contributed by atoms with Gasteiger partial charge in [-0.05, 0) is 47.4 Å². The quantitative estimate of drug-likeness (QED) is 0.638. The van der Waals surface area contributed by atoms with Crippen LogP contribution in [0.2, 0.25) is 5.02 Å². The highest BCUT2D eigenvalue weighted by Crippen LogP contribution is 2.18. The Morgan fingerprint density at radius 2 is 1.68 bits per heavy atom. The molecule has 0 aliphatic rings. The smallest absolute Gasteiger partial charge is 0.242 e. The van der Waals surface area contributed by atoms with Crippen LogP contribution in [0.25, 0.3) is 10.8 Å². The van der Waals surface area contributed by atoms with Crippen molar-refractivity contribution in [3.63, 3.8) is 0 Å². The van der Waals surface area contributed by atoms with Gasteiger partial charge >= 0.3 is 0 Å². The van der Waals surface area contributed by atoms with E-state index in [0.717, 1.165) is 21.9 Å². The lowest BCUT2D eigenvalue weighted by Crippen LogP contribution is -2.45. The third-order valence-electron chi connectivity index (χ3n) is 4.63. The third-order valence-corrected chi connectivity index (χ3v) is 4.88. The van der Waals surface area contributed by atoms with E-state index < -0.39 is 6.04 Å². The van der Waals surface area contributed by atoms with Gasteiger partial charge in [0.25, 0.3) is 0 Å². The molecule has 0 fully saturated rings. The van der Waals surface area contributed by atoms with Gasteiger partial charge in [0.05, 0.1) is 6.42 Å². The zero-order valence-corrected chi connectivity index (χ0v) is 16.5.